The number of alkyl halides is 3. The van der Waals surface area contributed by atoms with Gasteiger partial charge >= 0.3 is 12.2 Å². The van der Waals surface area contributed by atoms with E-state index in [1.807, 2.05) is 0 Å². The van der Waals surface area contributed by atoms with Crippen LogP contribution in [-0.4, -0.2) is 36.2 Å². The van der Waals surface area contributed by atoms with Crippen molar-refractivity contribution >= 4 is 29.1 Å². The number of hydrogen-bond donors (Lipinski definition) is 1. The van der Waals surface area contributed by atoms with E-state index in [2.05, 4.69) is 15.2 Å². The van der Waals surface area contributed by atoms with Crippen LogP contribution in [0, 0.1) is 0 Å². The fraction of sp³-hybridized carbons (Fsp3) is 0.400. The van der Waals surface area contributed by atoms with Crippen LogP contribution < -0.4 is 15.1 Å². The van der Waals surface area contributed by atoms with Gasteiger partial charge in [0.2, 0.25) is 0 Å². The van der Waals surface area contributed by atoms with Crippen molar-refractivity contribution in [2.75, 3.05) is 22.9 Å². The molecule has 1 aliphatic carbocycles. The minimum Gasteiger partial charge on any atom is -0.366 e. The van der Waals surface area contributed by atoms with Crippen molar-refractivity contribution in [2.45, 2.75) is 37.5 Å². The Morgan fingerprint density at radius 1 is 1.21 bits per heavy atom. The summed E-state index contributed by atoms with van der Waals surface area (Å²) in [5.74, 6) is 0.453. The zero-order valence-electron chi connectivity index (χ0n) is 15.3. The highest BCUT2D eigenvalue weighted by Crippen LogP contribution is 2.43. The fourth-order valence-electron chi connectivity index (χ4n) is 4.00. The molecule has 2 amide bonds. The molecule has 1 aromatic carbocycles. The summed E-state index contributed by atoms with van der Waals surface area (Å²) >= 11 is 6.43. The van der Waals surface area contributed by atoms with E-state index in [9.17, 15) is 18.0 Å². The number of nitrogens with one attached hydrogen (secondary N) is 1. The predicted molar refractivity (Wildman–Crippen MR) is 104 cm³/mol. The summed E-state index contributed by atoms with van der Waals surface area (Å²) < 4.78 is 39.4. The van der Waals surface area contributed by atoms with Gasteiger partial charge in [0.1, 0.15) is 0 Å². The Hall–Kier alpha value is -2.48. The number of hydrogen-bond acceptors (Lipinski definition) is 3. The molecule has 1 N–H and O–H groups in total. The van der Waals surface area contributed by atoms with E-state index >= 15 is 0 Å². The van der Waals surface area contributed by atoms with Crippen LogP contribution in [0.15, 0.2) is 30.3 Å². The van der Waals surface area contributed by atoms with Crippen molar-refractivity contribution in [3.8, 4) is 11.3 Å². The number of aromatic nitrogens is 1. The first-order valence-corrected chi connectivity index (χ1v) is 9.92. The molecular weight excluding hydrogens is 405 g/mol. The van der Waals surface area contributed by atoms with Crippen LogP contribution in [0.2, 0.25) is 5.02 Å². The van der Waals surface area contributed by atoms with Gasteiger partial charge in [-0.15, -0.1) is 0 Å². The van der Waals surface area contributed by atoms with E-state index in [-0.39, 0.29) is 34.4 Å². The van der Waals surface area contributed by atoms with Gasteiger partial charge in [-0.2, -0.15) is 13.2 Å². The van der Waals surface area contributed by atoms with Crippen LogP contribution >= 0.6 is 11.6 Å². The number of benzene rings is 1. The minimum absolute atomic E-state index is 0.00992. The molecule has 2 fully saturated rings. The predicted octanol–water partition coefficient (Wildman–Crippen LogP) is 4.69. The summed E-state index contributed by atoms with van der Waals surface area (Å²) in [7, 11) is 0. The third-order valence-electron chi connectivity index (χ3n) is 5.62. The fourth-order valence-corrected chi connectivity index (χ4v) is 4.26. The third-order valence-corrected chi connectivity index (χ3v) is 5.91. The van der Waals surface area contributed by atoms with Crippen LogP contribution in [0.1, 0.15) is 24.8 Å². The van der Waals surface area contributed by atoms with Crippen LogP contribution in [0.4, 0.5) is 29.5 Å². The van der Waals surface area contributed by atoms with E-state index < -0.39 is 11.7 Å². The highest BCUT2D eigenvalue weighted by molar-refractivity contribution is 6.33. The zero-order chi connectivity index (χ0) is 20.3. The summed E-state index contributed by atoms with van der Waals surface area (Å²) in [6.45, 7) is 1.48. The first kappa shape index (κ1) is 18.5. The number of halogens is 4. The van der Waals surface area contributed by atoms with E-state index in [1.54, 1.807) is 17.0 Å². The Morgan fingerprint density at radius 3 is 2.72 bits per heavy atom. The van der Waals surface area contributed by atoms with Gasteiger partial charge in [-0.25, -0.2) is 9.78 Å². The molecule has 1 saturated carbocycles. The molecule has 5 rings (SSSR count). The molecule has 152 valence electrons. The highest BCUT2D eigenvalue weighted by atomic mass is 35.5. The molecule has 2 aromatic rings. The van der Waals surface area contributed by atoms with Gasteiger partial charge in [-0.1, -0.05) is 23.7 Å². The number of urea groups is 1. The molecule has 3 heterocycles. The number of fused-ring (bicyclic) bond motifs is 4. The van der Waals surface area contributed by atoms with Crippen molar-refractivity contribution in [3.05, 3.63) is 40.9 Å². The van der Waals surface area contributed by atoms with Gasteiger partial charge in [-0.3, -0.25) is 4.90 Å². The van der Waals surface area contributed by atoms with Crippen molar-refractivity contribution in [1.82, 2.24) is 10.3 Å². The van der Waals surface area contributed by atoms with E-state index in [0.717, 1.165) is 43.6 Å². The molecule has 9 heteroatoms. The molecule has 29 heavy (non-hydrogen) atoms. The lowest BCUT2D eigenvalue weighted by Gasteiger charge is -2.36. The van der Waals surface area contributed by atoms with Crippen molar-refractivity contribution in [2.24, 2.45) is 0 Å². The summed E-state index contributed by atoms with van der Waals surface area (Å²) in [6, 6.07) is 6.61. The molecule has 3 aliphatic rings. The standard InChI is InChI=1S/C20H18ClF3N4O/c21-15-9-16-18(26-17(15)11-2-1-3-12(8-11)20(22,23)24)28(14-6-7-27(16)10-14)19(29)25-13-4-5-13/h1-3,8-9,13-14H,4-7,10H2,(H,25,29). The quantitative estimate of drug-likeness (QED) is 0.763. The summed E-state index contributed by atoms with van der Waals surface area (Å²) in [6.07, 6.45) is -1.72. The van der Waals surface area contributed by atoms with Crippen LogP contribution in [0.3, 0.4) is 0 Å². The number of rotatable bonds is 2. The average Bonchev–Trinajstić information content (AvgIpc) is 3.39. The van der Waals surface area contributed by atoms with Crippen molar-refractivity contribution in [1.29, 1.82) is 0 Å². The monoisotopic (exact) mass is 422 g/mol. The topological polar surface area (TPSA) is 48.5 Å². The molecule has 1 saturated heterocycles. The Kier molecular flexibility index (Phi) is 4.17. The number of anilines is 2. The van der Waals surface area contributed by atoms with Crippen molar-refractivity contribution < 1.29 is 18.0 Å². The maximum atomic E-state index is 13.1. The molecule has 0 spiro atoms. The maximum absolute atomic E-state index is 13.1. The molecule has 2 bridgehead atoms. The largest absolute Gasteiger partial charge is 0.416 e. The summed E-state index contributed by atoms with van der Waals surface area (Å²) in [4.78, 5) is 21.3. The van der Waals surface area contributed by atoms with Gasteiger partial charge in [0.25, 0.3) is 0 Å². The van der Waals surface area contributed by atoms with Crippen LogP contribution in [0.5, 0.6) is 0 Å². The first-order chi connectivity index (χ1) is 13.8. The maximum Gasteiger partial charge on any atom is 0.416 e. The van der Waals surface area contributed by atoms with Gasteiger partial charge in [-0.05, 0) is 37.5 Å². The number of carbonyl (C=O) groups is 1. The lowest BCUT2D eigenvalue weighted by molar-refractivity contribution is -0.137. The molecule has 2 aliphatic heterocycles. The van der Waals surface area contributed by atoms with Gasteiger partial charge in [0.15, 0.2) is 5.82 Å². The van der Waals surface area contributed by atoms with Crippen molar-refractivity contribution in [3.63, 3.8) is 0 Å². The van der Waals surface area contributed by atoms with Crippen LogP contribution in [0.25, 0.3) is 11.3 Å². The van der Waals surface area contributed by atoms with E-state index in [0.29, 0.717) is 12.4 Å². The Bertz CT molecular complexity index is 992. The van der Waals surface area contributed by atoms with Gasteiger partial charge in [0.05, 0.1) is 28.0 Å². The van der Waals surface area contributed by atoms with Gasteiger partial charge < -0.3 is 10.2 Å². The SMILES string of the molecule is O=C(NC1CC1)N1c2nc(-c3cccc(C(F)(F)F)c3)c(Cl)cc2N2CCC1C2. The molecule has 5 nitrogen and oxygen atoms in total. The molecule has 1 aromatic heterocycles. The number of amides is 2. The average molecular weight is 423 g/mol. The Morgan fingerprint density at radius 2 is 2.00 bits per heavy atom. The number of nitrogens with zero attached hydrogens (tertiary/aromatic N) is 3. The van der Waals surface area contributed by atoms with E-state index in [4.69, 9.17) is 11.6 Å². The number of carbonyl (C=O) groups excluding carboxylic acids is 1. The second-order valence-electron chi connectivity index (χ2n) is 7.72. The van der Waals surface area contributed by atoms with Gasteiger partial charge in [0, 0.05) is 24.7 Å². The molecule has 0 radical (unpaired) electrons. The first-order valence-electron chi connectivity index (χ1n) is 9.54. The molecule has 1 unspecified atom stereocenters. The second-order valence-corrected chi connectivity index (χ2v) is 8.13. The molecule has 1 atom stereocenters. The highest BCUT2D eigenvalue weighted by Gasteiger charge is 2.42. The van der Waals surface area contributed by atoms with E-state index in [1.165, 1.54) is 6.07 Å². The zero-order valence-corrected chi connectivity index (χ0v) is 16.1. The smallest absolute Gasteiger partial charge is 0.366 e. The van der Waals surface area contributed by atoms with Crippen LogP contribution in [-0.2, 0) is 6.18 Å². The summed E-state index contributed by atoms with van der Waals surface area (Å²) in [5, 5.41) is 3.26. The minimum atomic E-state index is -4.46. The third kappa shape index (κ3) is 3.29. The normalized spacial score (nSPS) is 20.6. The molecular formula is C20H18ClF3N4O. The Balaban J connectivity index is 1.60. The Labute approximate surface area is 170 Å². The number of pyridine rings is 1. The second kappa shape index (κ2) is 6.52. The lowest BCUT2D eigenvalue weighted by atomic mass is 10.1. The summed E-state index contributed by atoms with van der Waals surface area (Å²) in [5.41, 5.74) is 0.481. The lowest BCUT2D eigenvalue weighted by Crippen LogP contribution is -2.51.